The number of nitrogens with one attached hydrogen (secondary N) is 1. The van der Waals surface area contributed by atoms with Crippen molar-refractivity contribution in [1.82, 2.24) is 10.2 Å². The maximum atomic E-state index is 14.5. The number of anilines is 1. The average Bonchev–Trinajstić information content (AvgIpc) is 3.02. The van der Waals surface area contributed by atoms with Crippen LogP contribution < -0.4 is 9.62 Å². The van der Waals surface area contributed by atoms with Crippen LogP contribution in [0.25, 0.3) is 0 Å². The van der Waals surface area contributed by atoms with Gasteiger partial charge in [-0.1, -0.05) is 116 Å². The predicted molar refractivity (Wildman–Crippen MR) is 176 cm³/mol. The van der Waals surface area contributed by atoms with Gasteiger partial charge in [-0.3, -0.25) is 13.9 Å². The van der Waals surface area contributed by atoms with Crippen molar-refractivity contribution in [2.24, 2.45) is 5.92 Å². The molecule has 4 aromatic rings. The van der Waals surface area contributed by atoms with Crippen molar-refractivity contribution >= 4 is 50.7 Å². The molecule has 4 rings (SSSR count). The van der Waals surface area contributed by atoms with Crippen molar-refractivity contribution in [1.29, 1.82) is 0 Å². The maximum absolute atomic E-state index is 14.5. The molecule has 0 heterocycles. The van der Waals surface area contributed by atoms with Crippen molar-refractivity contribution in [3.05, 3.63) is 130 Å². The minimum absolute atomic E-state index is 0.000820. The second kappa shape index (κ2) is 15.2. The SMILES string of the molecule is CC(C)CNC(=O)C(Cc1ccccc1)N(Cc1ccccc1Cl)C(=O)CN(c1ccccc1Cl)S(=O)(=O)c1ccccc1. The fourth-order valence-corrected chi connectivity index (χ4v) is 6.61. The highest BCUT2D eigenvalue weighted by Gasteiger charge is 2.35. The Labute approximate surface area is 269 Å². The molecule has 10 heteroatoms. The van der Waals surface area contributed by atoms with Crippen molar-refractivity contribution in [2.75, 3.05) is 17.4 Å². The minimum Gasteiger partial charge on any atom is -0.354 e. The summed E-state index contributed by atoms with van der Waals surface area (Å²) in [5, 5.41) is 3.55. The van der Waals surface area contributed by atoms with E-state index in [1.807, 2.05) is 44.2 Å². The summed E-state index contributed by atoms with van der Waals surface area (Å²) in [4.78, 5) is 29.7. The van der Waals surface area contributed by atoms with Gasteiger partial charge in [0, 0.05) is 24.5 Å². The Balaban J connectivity index is 1.81. The van der Waals surface area contributed by atoms with E-state index >= 15 is 0 Å². The highest BCUT2D eigenvalue weighted by molar-refractivity contribution is 7.92. The van der Waals surface area contributed by atoms with Crippen LogP contribution >= 0.6 is 23.2 Å². The first-order chi connectivity index (χ1) is 21.1. The summed E-state index contributed by atoms with van der Waals surface area (Å²) in [6.07, 6.45) is 0.207. The van der Waals surface area contributed by atoms with Crippen molar-refractivity contribution in [3.63, 3.8) is 0 Å². The van der Waals surface area contributed by atoms with Gasteiger partial charge in [-0.15, -0.1) is 0 Å². The van der Waals surface area contributed by atoms with Gasteiger partial charge in [-0.2, -0.15) is 0 Å². The number of nitrogens with zero attached hydrogens (tertiary/aromatic N) is 2. The normalized spacial score (nSPS) is 12.0. The molecule has 0 aliphatic rings. The Kier molecular flexibility index (Phi) is 11.4. The molecule has 0 aliphatic heterocycles. The minimum atomic E-state index is -4.24. The zero-order valence-corrected chi connectivity index (χ0v) is 26.9. The lowest BCUT2D eigenvalue weighted by Gasteiger charge is -2.34. The highest BCUT2D eigenvalue weighted by atomic mass is 35.5. The number of hydrogen-bond acceptors (Lipinski definition) is 4. The number of carbonyl (C=O) groups is 2. The summed E-state index contributed by atoms with van der Waals surface area (Å²) in [5.41, 5.74) is 1.61. The van der Waals surface area contributed by atoms with Gasteiger partial charge in [-0.05, 0) is 47.4 Å². The number of para-hydroxylation sites is 1. The van der Waals surface area contributed by atoms with Gasteiger partial charge in [0.25, 0.3) is 10.0 Å². The summed E-state index contributed by atoms with van der Waals surface area (Å²) >= 11 is 13.0. The first-order valence-corrected chi connectivity index (χ1v) is 16.4. The molecule has 0 spiro atoms. The number of sulfonamides is 1. The number of benzene rings is 4. The second-order valence-corrected chi connectivity index (χ2v) is 13.4. The predicted octanol–water partition coefficient (Wildman–Crippen LogP) is 6.60. The molecular formula is C34H35Cl2N3O4S. The van der Waals surface area contributed by atoms with E-state index in [1.54, 1.807) is 66.7 Å². The Morgan fingerprint density at radius 1 is 0.773 bits per heavy atom. The molecule has 0 saturated carbocycles. The lowest BCUT2D eigenvalue weighted by atomic mass is 10.0. The van der Waals surface area contributed by atoms with Crippen LogP contribution in [-0.4, -0.2) is 44.3 Å². The molecule has 0 saturated heterocycles. The molecule has 1 atom stereocenters. The summed E-state index contributed by atoms with van der Waals surface area (Å²) in [6, 6.07) is 29.8. The highest BCUT2D eigenvalue weighted by Crippen LogP contribution is 2.31. The van der Waals surface area contributed by atoms with Gasteiger partial charge in [0.2, 0.25) is 11.8 Å². The summed E-state index contributed by atoms with van der Waals surface area (Å²) in [5.74, 6) is -0.765. The summed E-state index contributed by atoms with van der Waals surface area (Å²) < 4.78 is 29.0. The first kappa shape index (κ1) is 33.1. The fourth-order valence-electron chi connectivity index (χ4n) is 4.67. The Bertz CT molecular complexity index is 1670. The van der Waals surface area contributed by atoms with Gasteiger partial charge in [0.15, 0.2) is 0 Å². The van der Waals surface area contributed by atoms with E-state index in [-0.39, 0.29) is 40.4 Å². The molecule has 0 aromatic heterocycles. The van der Waals surface area contributed by atoms with Gasteiger partial charge < -0.3 is 10.2 Å². The second-order valence-electron chi connectivity index (χ2n) is 10.7. The van der Waals surface area contributed by atoms with Crippen molar-refractivity contribution < 1.29 is 18.0 Å². The standard InChI is InChI=1S/C34H35Cl2N3O4S/c1-25(2)22-37-34(41)32(21-26-13-5-3-6-14-26)38(23-27-15-9-10-18-29(27)35)33(40)24-39(31-20-12-11-19-30(31)36)44(42,43)28-16-7-4-8-17-28/h3-20,25,32H,21-24H2,1-2H3,(H,37,41). The van der Waals surface area contributed by atoms with Crippen LogP contribution in [0.1, 0.15) is 25.0 Å². The molecule has 2 amide bonds. The maximum Gasteiger partial charge on any atom is 0.264 e. The zero-order valence-electron chi connectivity index (χ0n) is 24.6. The lowest BCUT2D eigenvalue weighted by Crippen LogP contribution is -2.53. The molecule has 0 fully saturated rings. The molecule has 0 aliphatic carbocycles. The Morgan fingerprint density at radius 3 is 1.95 bits per heavy atom. The number of rotatable bonds is 13. The third-order valence-electron chi connectivity index (χ3n) is 6.99. The molecule has 44 heavy (non-hydrogen) atoms. The molecule has 7 nitrogen and oxygen atoms in total. The number of amides is 2. The fraction of sp³-hybridized carbons (Fsp3) is 0.235. The van der Waals surface area contributed by atoms with E-state index in [0.717, 1.165) is 9.87 Å². The molecular weight excluding hydrogens is 617 g/mol. The third-order valence-corrected chi connectivity index (χ3v) is 9.45. The van der Waals surface area contributed by atoms with Crippen LogP contribution in [0.5, 0.6) is 0 Å². The smallest absolute Gasteiger partial charge is 0.264 e. The van der Waals surface area contributed by atoms with Crippen LogP contribution in [0.3, 0.4) is 0 Å². The van der Waals surface area contributed by atoms with Crippen LogP contribution in [0, 0.1) is 5.92 Å². The largest absolute Gasteiger partial charge is 0.354 e. The molecule has 4 aromatic carbocycles. The van der Waals surface area contributed by atoms with E-state index in [2.05, 4.69) is 5.32 Å². The summed E-state index contributed by atoms with van der Waals surface area (Å²) in [7, 11) is -4.24. The van der Waals surface area contributed by atoms with E-state index in [1.165, 1.54) is 17.0 Å². The van der Waals surface area contributed by atoms with Crippen LogP contribution in [0.2, 0.25) is 10.0 Å². The van der Waals surface area contributed by atoms with Gasteiger partial charge in [-0.25, -0.2) is 8.42 Å². The quantitative estimate of drug-likeness (QED) is 0.176. The monoisotopic (exact) mass is 651 g/mol. The Morgan fingerprint density at radius 2 is 1.34 bits per heavy atom. The van der Waals surface area contributed by atoms with Crippen LogP contribution in [0.4, 0.5) is 5.69 Å². The summed E-state index contributed by atoms with van der Waals surface area (Å²) in [6.45, 7) is 3.75. The Hall–Kier alpha value is -3.85. The lowest BCUT2D eigenvalue weighted by molar-refractivity contribution is -0.140. The van der Waals surface area contributed by atoms with E-state index < -0.39 is 28.5 Å². The molecule has 1 N–H and O–H groups in total. The van der Waals surface area contributed by atoms with Crippen molar-refractivity contribution in [3.8, 4) is 0 Å². The number of halogens is 2. The van der Waals surface area contributed by atoms with E-state index in [9.17, 15) is 18.0 Å². The topological polar surface area (TPSA) is 86.8 Å². The van der Waals surface area contributed by atoms with Crippen molar-refractivity contribution in [2.45, 2.75) is 37.8 Å². The van der Waals surface area contributed by atoms with Gasteiger partial charge in [0.05, 0.1) is 15.6 Å². The number of hydrogen-bond donors (Lipinski definition) is 1. The molecule has 1 unspecified atom stereocenters. The van der Waals surface area contributed by atoms with Crippen LogP contribution in [-0.2, 0) is 32.6 Å². The first-order valence-electron chi connectivity index (χ1n) is 14.2. The zero-order chi connectivity index (χ0) is 31.7. The van der Waals surface area contributed by atoms with Gasteiger partial charge >= 0.3 is 0 Å². The van der Waals surface area contributed by atoms with E-state index in [0.29, 0.717) is 17.1 Å². The third kappa shape index (κ3) is 8.40. The molecule has 0 radical (unpaired) electrons. The van der Waals surface area contributed by atoms with E-state index in [4.69, 9.17) is 23.2 Å². The number of carbonyl (C=O) groups excluding carboxylic acids is 2. The molecule has 0 bridgehead atoms. The van der Waals surface area contributed by atoms with Gasteiger partial charge in [0.1, 0.15) is 12.6 Å². The molecule has 230 valence electrons. The van der Waals surface area contributed by atoms with Crippen LogP contribution in [0.15, 0.2) is 114 Å². The average molecular weight is 653 g/mol.